The van der Waals surface area contributed by atoms with Crippen molar-refractivity contribution in [2.75, 3.05) is 5.32 Å². The second-order valence-corrected chi connectivity index (χ2v) is 6.53. The third kappa shape index (κ3) is 5.49. The molecule has 1 amide bonds. The first-order valence-electron chi connectivity index (χ1n) is 7.40. The zero-order chi connectivity index (χ0) is 16.8. The number of rotatable bonds is 6. The molecule has 0 spiro atoms. The van der Waals surface area contributed by atoms with Gasteiger partial charge in [0.25, 0.3) is 0 Å². The number of amides is 1. The van der Waals surface area contributed by atoms with Crippen molar-refractivity contribution in [3.05, 3.63) is 45.9 Å². The smallest absolute Gasteiger partial charge is 0.308 e. The molecule has 0 saturated heterocycles. The van der Waals surface area contributed by atoms with Crippen molar-refractivity contribution in [3.8, 4) is 0 Å². The van der Waals surface area contributed by atoms with Crippen molar-refractivity contribution < 1.29 is 14.3 Å². The van der Waals surface area contributed by atoms with E-state index in [0.717, 1.165) is 11.3 Å². The minimum atomic E-state index is -0.253. The monoisotopic (exact) mass is 332 g/mol. The Morgan fingerprint density at radius 1 is 1.26 bits per heavy atom. The number of hydrogen-bond donors (Lipinski definition) is 1. The van der Waals surface area contributed by atoms with Gasteiger partial charge in [-0.15, -0.1) is 11.3 Å². The predicted octanol–water partition coefficient (Wildman–Crippen LogP) is 3.33. The normalized spacial score (nSPS) is 10.6. The van der Waals surface area contributed by atoms with Gasteiger partial charge in [0.2, 0.25) is 5.91 Å². The number of aryl methyl sites for hydroxylation is 1. The van der Waals surface area contributed by atoms with E-state index in [4.69, 9.17) is 4.74 Å². The van der Waals surface area contributed by atoms with Gasteiger partial charge in [-0.05, 0) is 19.1 Å². The Balaban J connectivity index is 1.84. The number of ether oxygens (including phenoxy) is 1. The summed E-state index contributed by atoms with van der Waals surface area (Å²) < 4.78 is 5.12. The highest BCUT2D eigenvalue weighted by atomic mass is 32.1. The molecule has 0 atom stereocenters. The summed E-state index contributed by atoms with van der Waals surface area (Å²) in [5, 5.41) is 5.34. The van der Waals surface area contributed by atoms with Gasteiger partial charge in [0.05, 0.1) is 18.0 Å². The molecule has 0 fully saturated rings. The van der Waals surface area contributed by atoms with Crippen LogP contribution in [-0.4, -0.2) is 16.9 Å². The number of aromatic nitrogens is 1. The molecule has 0 radical (unpaired) electrons. The highest BCUT2D eigenvalue weighted by molar-refractivity contribution is 7.09. The number of carbonyl (C=O) groups is 2. The molecule has 0 bridgehead atoms. The molecule has 0 aliphatic carbocycles. The number of esters is 1. The Morgan fingerprint density at radius 2 is 1.96 bits per heavy atom. The third-order valence-electron chi connectivity index (χ3n) is 3.08. The van der Waals surface area contributed by atoms with E-state index >= 15 is 0 Å². The average Bonchev–Trinajstić information content (AvgIpc) is 2.94. The summed E-state index contributed by atoms with van der Waals surface area (Å²) in [6, 6.07) is 7.62. The zero-order valence-electron chi connectivity index (χ0n) is 13.5. The summed E-state index contributed by atoms with van der Waals surface area (Å²) >= 11 is 1.39. The van der Waals surface area contributed by atoms with E-state index in [-0.39, 0.29) is 30.8 Å². The number of carbonyl (C=O) groups excluding carboxylic acids is 2. The van der Waals surface area contributed by atoms with Crippen LogP contribution in [0.25, 0.3) is 0 Å². The van der Waals surface area contributed by atoms with E-state index in [0.29, 0.717) is 10.7 Å². The lowest BCUT2D eigenvalue weighted by Crippen LogP contribution is -2.14. The second-order valence-electron chi connectivity index (χ2n) is 5.59. The lowest BCUT2D eigenvalue weighted by Gasteiger charge is -2.05. The van der Waals surface area contributed by atoms with Crippen molar-refractivity contribution >= 4 is 28.9 Å². The number of anilines is 1. The Bertz CT molecular complexity index is 677. The van der Waals surface area contributed by atoms with E-state index in [1.54, 1.807) is 13.8 Å². The summed E-state index contributed by atoms with van der Waals surface area (Å²) in [7, 11) is 0. The maximum absolute atomic E-state index is 12.0. The van der Waals surface area contributed by atoms with Gasteiger partial charge in [0, 0.05) is 11.1 Å². The van der Waals surface area contributed by atoms with Crippen LogP contribution in [0.2, 0.25) is 0 Å². The number of nitrogens with one attached hydrogen (secondary N) is 1. The molecule has 2 rings (SSSR count). The molecule has 1 aromatic heterocycles. The summed E-state index contributed by atoms with van der Waals surface area (Å²) in [5.41, 5.74) is 2.58. The van der Waals surface area contributed by atoms with Crippen molar-refractivity contribution in [3.63, 3.8) is 0 Å². The number of hydrogen-bond acceptors (Lipinski definition) is 5. The van der Waals surface area contributed by atoms with Crippen molar-refractivity contribution in [1.29, 1.82) is 0 Å². The Hall–Kier alpha value is -2.21. The van der Waals surface area contributed by atoms with Crippen LogP contribution >= 0.6 is 11.3 Å². The van der Waals surface area contributed by atoms with Crippen LogP contribution in [0, 0.1) is 12.8 Å². The number of thiazole rings is 1. The molecule has 0 saturated carbocycles. The average molecular weight is 332 g/mol. The van der Waals surface area contributed by atoms with E-state index in [9.17, 15) is 9.59 Å². The van der Waals surface area contributed by atoms with Gasteiger partial charge in [-0.1, -0.05) is 31.5 Å². The van der Waals surface area contributed by atoms with E-state index in [1.165, 1.54) is 11.3 Å². The first-order chi connectivity index (χ1) is 10.9. The fourth-order valence-electron chi connectivity index (χ4n) is 1.79. The van der Waals surface area contributed by atoms with Gasteiger partial charge in [0.15, 0.2) is 0 Å². The van der Waals surface area contributed by atoms with Crippen LogP contribution in [0.3, 0.4) is 0 Å². The fourth-order valence-corrected chi connectivity index (χ4v) is 2.56. The SMILES string of the molecule is Cc1ccc(NC(=O)Cc2nc(COC(=O)C(C)C)cs2)cc1. The lowest BCUT2D eigenvalue weighted by atomic mass is 10.2. The number of nitrogens with zero attached hydrogens (tertiary/aromatic N) is 1. The van der Waals surface area contributed by atoms with Crippen LogP contribution in [0.15, 0.2) is 29.6 Å². The molecule has 5 nitrogen and oxygen atoms in total. The molecule has 2 aromatic rings. The van der Waals surface area contributed by atoms with E-state index < -0.39 is 0 Å². The standard InChI is InChI=1S/C17H20N2O3S/c1-11(2)17(21)22-9-14-10-23-16(19-14)8-15(20)18-13-6-4-12(3)5-7-13/h4-7,10-11H,8-9H2,1-3H3,(H,18,20). The van der Waals surface area contributed by atoms with Gasteiger partial charge in [-0.2, -0.15) is 0 Å². The maximum Gasteiger partial charge on any atom is 0.308 e. The molecule has 0 aliphatic rings. The molecule has 0 unspecified atom stereocenters. The van der Waals surface area contributed by atoms with Crippen LogP contribution < -0.4 is 5.32 Å². The van der Waals surface area contributed by atoms with Crippen molar-refractivity contribution in [2.45, 2.75) is 33.8 Å². The van der Waals surface area contributed by atoms with Gasteiger partial charge < -0.3 is 10.1 Å². The first-order valence-corrected chi connectivity index (χ1v) is 8.28. The predicted molar refractivity (Wildman–Crippen MR) is 90.3 cm³/mol. The largest absolute Gasteiger partial charge is 0.459 e. The quantitative estimate of drug-likeness (QED) is 0.824. The Kier molecular flexibility index (Phi) is 5.87. The maximum atomic E-state index is 12.0. The highest BCUT2D eigenvalue weighted by Crippen LogP contribution is 2.14. The minimum absolute atomic E-state index is 0.117. The topological polar surface area (TPSA) is 68.3 Å². The number of benzene rings is 1. The molecular formula is C17H20N2O3S. The van der Waals surface area contributed by atoms with E-state index in [1.807, 2.05) is 36.6 Å². The van der Waals surface area contributed by atoms with Crippen LogP contribution in [-0.2, 0) is 27.4 Å². The third-order valence-corrected chi connectivity index (χ3v) is 3.98. The second kappa shape index (κ2) is 7.87. The van der Waals surface area contributed by atoms with Crippen LogP contribution in [0.5, 0.6) is 0 Å². The Labute approximate surface area is 139 Å². The van der Waals surface area contributed by atoms with Crippen LogP contribution in [0.4, 0.5) is 5.69 Å². The molecule has 122 valence electrons. The zero-order valence-corrected chi connectivity index (χ0v) is 14.3. The summed E-state index contributed by atoms with van der Waals surface area (Å²) in [6.07, 6.45) is 0.205. The molecule has 6 heteroatoms. The molecule has 1 heterocycles. The van der Waals surface area contributed by atoms with Crippen molar-refractivity contribution in [2.24, 2.45) is 5.92 Å². The van der Waals surface area contributed by atoms with Crippen molar-refractivity contribution in [1.82, 2.24) is 4.98 Å². The van der Waals surface area contributed by atoms with Gasteiger partial charge in [-0.25, -0.2) is 4.98 Å². The molecule has 1 N–H and O–H groups in total. The summed E-state index contributed by atoms with van der Waals surface area (Å²) in [4.78, 5) is 27.7. The van der Waals surface area contributed by atoms with Gasteiger partial charge >= 0.3 is 5.97 Å². The summed E-state index contributed by atoms with van der Waals surface area (Å²) in [6.45, 7) is 5.70. The highest BCUT2D eigenvalue weighted by Gasteiger charge is 2.12. The molecular weight excluding hydrogens is 312 g/mol. The first kappa shape index (κ1) is 17.1. The minimum Gasteiger partial charge on any atom is -0.459 e. The fraction of sp³-hybridized carbons (Fsp3) is 0.353. The molecule has 0 aliphatic heterocycles. The van der Waals surface area contributed by atoms with Gasteiger partial charge in [-0.3, -0.25) is 9.59 Å². The Morgan fingerprint density at radius 3 is 2.61 bits per heavy atom. The van der Waals surface area contributed by atoms with E-state index in [2.05, 4.69) is 10.3 Å². The molecule has 23 heavy (non-hydrogen) atoms. The summed E-state index contributed by atoms with van der Waals surface area (Å²) in [5.74, 6) is -0.529. The van der Waals surface area contributed by atoms with Gasteiger partial charge in [0.1, 0.15) is 11.6 Å². The lowest BCUT2D eigenvalue weighted by molar-refractivity contribution is -0.148. The molecule has 1 aromatic carbocycles. The van der Waals surface area contributed by atoms with Crippen LogP contribution in [0.1, 0.15) is 30.1 Å².